The molecule has 0 aliphatic heterocycles. The standard InChI is InChI=1S/C15H5Cl2F13O5/c16-7(31)4-1-2-5(8(17)32)6(3-4)33-11(20,21)9(18)34-12(22,23)10(19)35-15(29,30)13(24,25)14(26,27)28/h1-3,9-10H. The fourth-order valence-corrected chi connectivity index (χ4v) is 2.06. The van der Waals surface area contributed by atoms with Crippen LogP contribution in [0.4, 0.5) is 57.1 Å². The van der Waals surface area contributed by atoms with Crippen molar-refractivity contribution in [3.8, 4) is 5.75 Å². The minimum absolute atomic E-state index is 0.227. The SMILES string of the molecule is O=C(Cl)c1ccc(C(=O)Cl)c(OC(F)(F)C(F)OC(F)(F)C(F)OC(F)(F)C(F)(F)C(F)(F)F)c1. The molecule has 20 heteroatoms. The summed E-state index contributed by atoms with van der Waals surface area (Å²) in [5, 5.41) is -2.98. The van der Waals surface area contributed by atoms with Crippen LogP contribution < -0.4 is 4.74 Å². The van der Waals surface area contributed by atoms with E-state index in [1.807, 2.05) is 4.74 Å². The van der Waals surface area contributed by atoms with Crippen molar-refractivity contribution in [2.24, 2.45) is 0 Å². The molecule has 35 heavy (non-hydrogen) atoms. The average Bonchev–Trinajstić information content (AvgIpc) is 2.65. The summed E-state index contributed by atoms with van der Waals surface area (Å²) in [5.74, 6) is -8.77. The zero-order valence-corrected chi connectivity index (χ0v) is 17.1. The Kier molecular flexibility index (Phi) is 8.97. The molecule has 0 N–H and O–H groups in total. The first-order valence-corrected chi connectivity index (χ1v) is 8.66. The molecule has 0 aromatic heterocycles. The van der Waals surface area contributed by atoms with E-state index in [1.54, 1.807) is 0 Å². The van der Waals surface area contributed by atoms with Crippen LogP contribution in [0.25, 0.3) is 0 Å². The maximum atomic E-state index is 13.8. The first-order valence-electron chi connectivity index (χ1n) is 7.90. The van der Waals surface area contributed by atoms with Crippen LogP contribution >= 0.6 is 23.2 Å². The van der Waals surface area contributed by atoms with Gasteiger partial charge in [0.25, 0.3) is 16.8 Å². The van der Waals surface area contributed by atoms with E-state index in [4.69, 9.17) is 23.2 Å². The van der Waals surface area contributed by atoms with Crippen LogP contribution in [-0.4, -0.2) is 53.6 Å². The highest BCUT2D eigenvalue weighted by molar-refractivity contribution is 6.68. The van der Waals surface area contributed by atoms with Crippen LogP contribution in [0.2, 0.25) is 0 Å². The van der Waals surface area contributed by atoms with Gasteiger partial charge in [-0.1, -0.05) is 0 Å². The molecule has 1 aromatic rings. The van der Waals surface area contributed by atoms with Gasteiger partial charge >= 0.3 is 36.8 Å². The Bertz CT molecular complexity index is 954. The van der Waals surface area contributed by atoms with Gasteiger partial charge in [-0.15, -0.1) is 0 Å². The summed E-state index contributed by atoms with van der Waals surface area (Å²) in [6, 6.07) is 1.47. The second-order valence-electron chi connectivity index (χ2n) is 5.94. The minimum Gasteiger partial charge on any atom is -0.428 e. The van der Waals surface area contributed by atoms with Crippen molar-refractivity contribution in [2.75, 3.05) is 0 Å². The molecule has 1 rings (SSSR count). The third-order valence-corrected chi connectivity index (χ3v) is 3.85. The molecular formula is C15H5Cl2F13O5. The van der Waals surface area contributed by atoms with Gasteiger partial charge in [0.15, 0.2) is 0 Å². The molecule has 0 bridgehead atoms. The number of benzene rings is 1. The maximum absolute atomic E-state index is 13.8. The number of hydrogen-bond acceptors (Lipinski definition) is 5. The first kappa shape index (κ1) is 31.0. The summed E-state index contributed by atoms with van der Waals surface area (Å²) in [7, 11) is 0. The van der Waals surface area contributed by atoms with Gasteiger partial charge in [0, 0.05) is 5.56 Å². The fraction of sp³-hybridized carbons (Fsp3) is 0.467. The van der Waals surface area contributed by atoms with Crippen molar-refractivity contribution in [3.05, 3.63) is 29.3 Å². The highest BCUT2D eigenvalue weighted by atomic mass is 35.5. The van der Waals surface area contributed by atoms with Crippen LogP contribution in [0.15, 0.2) is 18.2 Å². The van der Waals surface area contributed by atoms with E-state index >= 15 is 0 Å². The van der Waals surface area contributed by atoms with Crippen LogP contribution in [0.3, 0.4) is 0 Å². The van der Waals surface area contributed by atoms with E-state index in [9.17, 15) is 66.7 Å². The van der Waals surface area contributed by atoms with E-state index in [1.165, 1.54) is 0 Å². The molecule has 0 spiro atoms. The Morgan fingerprint density at radius 1 is 0.743 bits per heavy atom. The van der Waals surface area contributed by atoms with Crippen LogP contribution in [0.5, 0.6) is 5.75 Å². The lowest BCUT2D eigenvalue weighted by Gasteiger charge is -2.31. The average molecular weight is 583 g/mol. The highest BCUT2D eigenvalue weighted by Gasteiger charge is 2.76. The second-order valence-corrected chi connectivity index (χ2v) is 6.63. The van der Waals surface area contributed by atoms with E-state index in [0.717, 1.165) is 6.07 Å². The van der Waals surface area contributed by atoms with E-state index < -0.39 is 70.5 Å². The van der Waals surface area contributed by atoms with Gasteiger partial charge in [0.1, 0.15) is 5.75 Å². The molecule has 0 radical (unpaired) electrons. The van der Waals surface area contributed by atoms with Gasteiger partial charge < -0.3 is 4.74 Å². The molecular weight excluding hydrogens is 578 g/mol. The number of rotatable bonds is 11. The van der Waals surface area contributed by atoms with Crippen molar-refractivity contribution < 1.29 is 80.9 Å². The molecule has 0 aliphatic rings. The van der Waals surface area contributed by atoms with Crippen molar-refractivity contribution in [1.29, 1.82) is 0 Å². The molecule has 5 nitrogen and oxygen atoms in total. The molecule has 0 fully saturated rings. The van der Waals surface area contributed by atoms with Gasteiger partial charge in [-0.05, 0) is 41.4 Å². The third kappa shape index (κ3) is 7.01. The van der Waals surface area contributed by atoms with E-state index in [-0.39, 0.29) is 6.07 Å². The summed E-state index contributed by atoms with van der Waals surface area (Å²) in [5.41, 5.74) is -1.75. The van der Waals surface area contributed by atoms with Gasteiger partial charge in [0.05, 0.1) is 5.56 Å². The first-order chi connectivity index (χ1) is 15.5. The summed E-state index contributed by atoms with van der Waals surface area (Å²) in [6.45, 7) is 0. The number of halogens is 15. The smallest absolute Gasteiger partial charge is 0.428 e. The quantitative estimate of drug-likeness (QED) is 0.222. The zero-order chi connectivity index (χ0) is 27.8. The highest BCUT2D eigenvalue weighted by Crippen LogP contribution is 2.48. The number of alkyl halides is 13. The lowest BCUT2D eigenvalue weighted by atomic mass is 10.1. The summed E-state index contributed by atoms with van der Waals surface area (Å²) >= 11 is 10.1. The predicted octanol–water partition coefficient (Wildman–Crippen LogP) is 6.42. The number of carbonyl (C=O) groups excluding carboxylic acids is 2. The van der Waals surface area contributed by atoms with Crippen LogP contribution in [0.1, 0.15) is 20.7 Å². The van der Waals surface area contributed by atoms with Gasteiger partial charge in [0.2, 0.25) is 0 Å². The normalized spacial score (nSPS) is 15.5. The summed E-state index contributed by atoms with van der Waals surface area (Å²) in [4.78, 5) is 22.3. The molecule has 0 amide bonds. The lowest BCUT2D eigenvalue weighted by molar-refractivity contribution is -0.476. The predicted molar refractivity (Wildman–Crippen MR) is 85.2 cm³/mol. The zero-order valence-electron chi connectivity index (χ0n) is 15.6. The molecule has 2 unspecified atom stereocenters. The van der Waals surface area contributed by atoms with Gasteiger partial charge in [-0.2, -0.15) is 48.3 Å². The van der Waals surface area contributed by atoms with Crippen molar-refractivity contribution in [2.45, 2.75) is 43.1 Å². The van der Waals surface area contributed by atoms with Crippen LogP contribution in [0, 0.1) is 0 Å². The van der Waals surface area contributed by atoms with Crippen molar-refractivity contribution in [1.82, 2.24) is 0 Å². The molecule has 0 heterocycles. The van der Waals surface area contributed by atoms with Crippen molar-refractivity contribution in [3.63, 3.8) is 0 Å². The topological polar surface area (TPSA) is 61.8 Å². The van der Waals surface area contributed by atoms with Gasteiger partial charge in [-0.3, -0.25) is 19.1 Å². The molecule has 200 valence electrons. The molecule has 2 atom stereocenters. The molecule has 0 saturated carbocycles. The number of ether oxygens (including phenoxy) is 3. The second kappa shape index (κ2) is 10.1. The maximum Gasteiger partial charge on any atom is 0.462 e. The Morgan fingerprint density at radius 3 is 1.66 bits per heavy atom. The number of carbonyl (C=O) groups is 2. The van der Waals surface area contributed by atoms with E-state index in [0.29, 0.717) is 6.07 Å². The van der Waals surface area contributed by atoms with E-state index in [2.05, 4.69) is 9.47 Å². The third-order valence-electron chi connectivity index (χ3n) is 3.43. The Labute approximate surface area is 193 Å². The van der Waals surface area contributed by atoms with Crippen molar-refractivity contribution >= 4 is 33.7 Å². The Morgan fingerprint density at radius 2 is 1.23 bits per heavy atom. The number of hydrogen-bond donors (Lipinski definition) is 0. The minimum atomic E-state index is -7.27. The Balaban J connectivity index is 3.13. The van der Waals surface area contributed by atoms with Crippen LogP contribution in [-0.2, 0) is 9.47 Å². The van der Waals surface area contributed by atoms with Gasteiger partial charge in [-0.25, -0.2) is 8.78 Å². The lowest BCUT2D eigenvalue weighted by Crippen LogP contribution is -2.56. The molecule has 0 saturated heterocycles. The molecule has 1 aromatic carbocycles. The summed E-state index contributed by atoms with van der Waals surface area (Å²) < 4.78 is 176. The molecule has 0 aliphatic carbocycles. The Hall–Kier alpha value is -2.05. The largest absolute Gasteiger partial charge is 0.462 e. The summed E-state index contributed by atoms with van der Waals surface area (Å²) in [6.07, 6.45) is -36.6. The fourth-order valence-electron chi connectivity index (χ4n) is 1.78. The monoisotopic (exact) mass is 582 g/mol.